The molecule has 0 atom stereocenters. The molecule has 0 heterocycles. The van der Waals surface area contributed by atoms with Gasteiger partial charge in [0.15, 0.2) is 0 Å². The second-order valence-electron chi connectivity index (χ2n) is 0.247. The maximum atomic E-state index is 9.67. The van der Waals surface area contributed by atoms with Crippen LogP contribution in [-0.2, 0) is 0 Å². The van der Waals surface area contributed by atoms with Crippen LogP contribution in [0.15, 0.2) is 0 Å². The van der Waals surface area contributed by atoms with Crippen molar-refractivity contribution in [2.24, 2.45) is 0 Å². The monoisotopic (exact) mass is 248 g/mol. The first kappa shape index (κ1) is 16.1. The first-order valence-corrected chi connectivity index (χ1v) is 2.45. The molecule has 0 radical (unpaired) electrons. The van der Waals surface area contributed by atoms with Crippen LogP contribution in [0.2, 0.25) is 0 Å². The van der Waals surface area contributed by atoms with E-state index in [4.69, 9.17) is 0 Å². The minimum absolute atomic E-state index is 0. The van der Waals surface area contributed by atoms with Gasteiger partial charge in [-0.05, 0) is 0 Å². The Morgan fingerprint density at radius 3 is 1.14 bits per heavy atom. The van der Waals surface area contributed by atoms with Crippen LogP contribution < -0.4 is 51.4 Å². The standard InChI is InChI=1S/CH2I.BF3.K/c1-2;2-1(3)4;/h1H2;;/q-1;;+1. The Balaban J connectivity index is -0.0000000480. The number of hydrogen-bond donors (Lipinski definition) is 0. The zero-order valence-corrected chi connectivity index (χ0v) is 9.08. The van der Waals surface area contributed by atoms with E-state index in [1.165, 1.54) is 0 Å². The second kappa shape index (κ2) is 15.7. The molecule has 0 unspecified atom stereocenters. The number of rotatable bonds is 0. The third kappa shape index (κ3) is 64.5. The minimum Gasteiger partial charge on any atom is -0.319 e. The predicted molar refractivity (Wildman–Crippen MR) is 28.5 cm³/mol. The molecular formula is CH2BF3IK. The molecule has 38 valence electrons. The number of hydrogen-bond acceptors (Lipinski definition) is 0. The van der Waals surface area contributed by atoms with E-state index in [2.05, 4.69) is 4.93 Å². The van der Waals surface area contributed by atoms with Gasteiger partial charge in [-0.2, -0.15) is 0 Å². The molecule has 0 aliphatic heterocycles. The molecule has 0 amide bonds. The summed E-state index contributed by atoms with van der Waals surface area (Å²) in [4.78, 5) is 3.22. The fourth-order valence-corrected chi connectivity index (χ4v) is 0. The van der Waals surface area contributed by atoms with Gasteiger partial charge in [0.05, 0.1) is 0 Å². The Hall–Kier alpha value is 2.22. The van der Waals surface area contributed by atoms with Crippen LogP contribution in [0.25, 0.3) is 0 Å². The van der Waals surface area contributed by atoms with Crippen molar-refractivity contribution in [2.75, 3.05) is 0 Å². The van der Waals surface area contributed by atoms with Crippen molar-refractivity contribution in [1.29, 1.82) is 0 Å². The normalized spacial score (nSPS) is 4.71. The van der Waals surface area contributed by atoms with Gasteiger partial charge in [0.1, 0.15) is 0 Å². The van der Waals surface area contributed by atoms with Crippen LogP contribution in [0.5, 0.6) is 0 Å². The molecule has 0 bridgehead atoms. The third-order valence-corrected chi connectivity index (χ3v) is 0. The Kier molecular flexibility index (Phi) is 36.2. The third-order valence-electron chi connectivity index (χ3n) is 0. The molecular weight excluding hydrogens is 246 g/mol. The van der Waals surface area contributed by atoms with Gasteiger partial charge in [0, 0.05) is 0 Å². The molecule has 0 aliphatic carbocycles. The van der Waals surface area contributed by atoms with Crippen molar-refractivity contribution in [3.63, 3.8) is 0 Å². The van der Waals surface area contributed by atoms with Crippen molar-refractivity contribution in [1.82, 2.24) is 0 Å². The minimum atomic E-state index is -3.67. The topological polar surface area (TPSA) is 0 Å². The summed E-state index contributed by atoms with van der Waals surface area (Å²) in [6.07, 6.45) is 0. The van der Waals surface area contributed by atoms with E-state index in [9.17, 15) is 12.9 Å². The molecule has 7 heavy (non-hydrogen) atoms. The molecule has 0 spiro atoms. The average molecular weight is 248 g/mol. The van der Waals surface area contributed by atoms with Gasteiger partial charge < -0.3 is 22.6 Å². The zero-order chi connectivity index (χ0) is 5.58. The predicted octanol–water partition coefficient (Wildman–Crippen LogP) is -0.903. The molecule has 0 aromatic heterocycles. The van der Waals surface area contributed by atoms with Crippen molar-refractivity contribution in [3.05, 3.63) is 4.93 Å². The number of halogens is 4. The molecule has 0 saturated carbocycles. The van der Waals surface area contributed by atoms with E-state index in [1.54, 1.807) is 0 Å². The Morgan fingerprint density at radius 1 is 1.14 bits per heavy atom. The van der Waals surface area contributed by atoms with Gasteiger partial charge >= 0.3 is 58.9 Å². The van der Waals surface area contributed by atoms with E-state index in [1.807, 2.05) is 22.6 Å². The quantitative estimate of drug-likeness (QED) is 0.296. The van der Waals surface area contributed by atoms with Gasteiger partial charge in [-0.3, -0.25) is 17.9 Å². The van der Waals surface area contributed by atoms with Crippen molar-refractivity contribution in [2.45, 2.75) is 0 Å². The molecule has 0 aliphatic rings. The summed E-state index contributed by atoms with van der Waals surface area (Å²) in [5.41, 5.74) is 0. The summed E-state index contributed by atoms with van der Waals surface area (Å²) in [6.45, 7) is 0. The van der Waals surface area contributed by atoms with Crippen LogP contribution in [0, 0.1) is 4.93 Å². The summed E-state index contributed by atoms with van der Waals surface area (Å²) in [7, 11) is -3.67. The first-order valence-electron chi connectivity index (χ1n) is 0.922. The maximum Gasteiger partial charge on any atom is 1.00 e. The summed E-state index contributed by atoms with van der Waals surface area (Å²) < 4.78 is 29.0. The second-order valence-corrected chi connectivity index (χ2v) is 0.247. The Labute approximate surface area is 97.4 Å². The van der Waals surface area contributed by atoms with Crippen LogP contribution in [0.3, 0.4) is 0 Å². The van der Waals surface area contributed by atoms with Gasteiger partial charge in [-0.25, -0.2) is 0 Å². The zero-order valence-electron chi connectivity index (χ0n) is 3.80. The van der Waals surface area contributed by atoms with Gasteiger partial charge in [0.2, 0.25) is 0 Å². The average Bonchev–Trinajstić information content (AvgIpc) is 1.41. The van der Waals surface area contributed by atoms with Crippen LogP contribution in [0.1, 0.15) is 0 Å². The molecule has 0 N–H and O–H groups in total. The Morgan fingerprint density at radius 2 is 1.14 bits per heavy atom. The molecule has 6 heteroatoms. The van der Waals surface area contributed by atoms with Crippen LogP contribution in [0.4, 0.5) is 12.9 Å². The van der Waals surface area contributed by atoms with E-state index < -0.39 is 7.54 Å². The summed E-state index contributed by atoms with van der Waals surface area (Å²) >= 11 is 1.90. The fraction of sp³-hybridized carbons (Fsp3) is 0. The van der Waals surface area contributed by atoms with Gasteiger partial charge in [-0.15, -0.1) is 0 Å². The van der Waals surface area contributed by atoms with Crippen LogP contribution in [-0.4, -0.2) is 7.54 Å². The van der Waals surface area contributed by atoms with Crippen LogP contribution >= 0.6 is 22.6 Å². The Bertz CT molecular complexity index is 19.7. The van der Waals surface area contributed by atoms with Crippen molar-refractivity contribution in [3.8, 4) is 0 Å². The maximum absolute atomic E-state index is 9.67. The first-order chi connectivity index (χ1) is 2.73. The van der Waals surface area contributed by atoms with E-state index >= 15 is 0 Å². The van der Waals surface area contributed by atoms with Crippen molar-refractivity contribution >= 4 is 30.1 Å². The molecule has 0 fully saturated rings. The summed E-state index contributed by atoms with van der Waals surface area (Å²) in [5.74, 6) is 0. The van der Waals surface area contributed by atoms with Gasteiger partial charge in [0.25, 0.3) is 0 Å². The molecule has 0 nitrogen and oxygen atoms in total. The largest absolute Gasteiger partial charge is 1.00 e. The van der Waals surface area contributed by atoms with E-state index in [0.29, 0.717) is 0 Å². The summed E-state index contributed by atoms with van der Waals surface area (Å²) in [6, 6.07) is 0. The van der Waals surface area contributed by atoms with E-state index in [-0.39, 0.29) is 51.4 Å². The van der Waals surface area contributed by atoms with E-state index in [0.717, 1.165) is 0 Å². The molecule has 0 aromatic carbocycles. The smallest absolute Gasteiger partial charge is 0.319 e. The van der Waals surface area contributed by atoms with Crippen molar-refractivity contribution < 1.29 is 64.3 Å². The fourth-order valence-electron chi connectivity index (χ4n) is 0. The summed E-state index contributed by atoms with van der Waals surface area (Å²) in [5, 5.41) is 0. The molecule has 0 saturated heterocycles. The van der Waals surface area contributed by atoms with Gasteiger partial charge in [-0.1, -0.05) is 0 Å². The molecule has 0 aromatic rings. The molecule has 0 rings (SSSR count). The SMILES string of the molecule is FB(F)F.[CH2-]I.[K+].